The number of rotatable bonds is 12. The third-order valence-corrected chi connectivity index (χ3v) is 4.24. The lowest BCUT2D eigenvalue weighted by Gasteiger charge is -2.41. The summed E-state index contributed by atoms with van der Waals surface area (Å²) in [5, 5.41) is 3.53. The Morgan fingerprint density at radius 1 is 1.05 bits per heavy atom. The zero-order valence-electron chi connectivity index (χ0n) is 14.0. The Bertz CT molecular complexity index is 195. The molecule has 2 unspecified atom stereocenters. The molecular weight excluding hydrogens is 236 g/mol. The number of ether oxygens (including phenoxy) is 1. The van der Waals surface area contributed by atoms with Crippen molar-refractivity contribution in [2.24, 2.45) is 0 Å². The predicted molar refractivity (Wildman–Crippen MR) is 84.8 cm³/mol. The van der Waals surface area contributed by atoms with Gasteiger partial charge >= 0.3 is 0 Å². The van der Waals surface area contributed by atoms with Gasteiger partial charge < -0.3 is 10.1 Å². The summed E-state index contributed by atoms with van der Waals surface area (Å²) >= 11 is 0. The van der Waals surface area contributed by atoms with E-state index in [1.165, 1.54) is 32.1 Å². The fraction of sp³-hybridized carbons (Fsp3) is 1.00. The summed E-state index contributed by atoms with van der Waals surface area (Å²) in [7, 11) is 3.90. The van der Waals surface area contributed by atoms with Crippen LogP contribution in [0.25, 0.3) is 0 Å². The van der Waals surface area contributed by atoms with Gasteiger partial charge in [0.15, 0.2) is 0 Å². The van der Waals surface area contributed by atoms with Crippen LogP contribution in [0.4, 0.5) is 0 Å². The first kappa shape index (κ1) is 18.9. The average Bonchev–Trinajstić information content (AvgIpc) is 2.44. The van der Waals surface area contributed by atoms with Gasteiger partial charge in [-0.05, 0) is 32.7 Å². The molecule has 0 bridgehead atoms. The molecule has 0 aliphatic carbocycles. The minimum atomic E-state index is 0.590. The van der Waals surface area contributed by atoms with Crippen LogP contribution in [0.1, 0.15) is 59.8 Å². The zero-order chi connectivity index (χ0) is 14.7. The van der Waals surface area contributed by atoms with Crippen LogP contribution in [-0.4, -0.2) is 50.3 Å². The molecule has 0 amide bonds. The SMILES string of the molecule is CCCC(NC)C(CC)N(CCOC)C(CC)CC. The lowest BCUT2D eigenvalue weighted by molar-refractivity contribution is 0.0597. The zero-order valence-corrected chi connectivity index (χ0v) is 14.0. The molecule has 2 atom stereocenters. The number of hydrogen-bond donors (Lipinski definition) is 1. The molecule has 3 heteroatoms. The molecule has 0 aromatic heterocycles. The van der Waals surface area contributed by atoms with Crippen molar-refractivity contribution in [2.45, 2.75) is 77.9 Å². The van der Waals surface area contributed by atoms with E-state index < -0.39 is 0 Å². The minimum Gasteiger partial charge on any atom is -0.383 e. The van der Waals surface area contributed by atoms with Crippen LogP contribution >= 0.6 is 0 Å². The van der Waals surface area contributed by atoms with Crippen molar-refractivity contribution in [3.63, 3.8) is 0 Å². The molecule has 0 aliphatic rings. The van der Waals surface area contributed by atoms with E-state index in [2.05, 4.69) is 45.0 Å². The molecule has 0 aliphatic heterocycles. The number of nitrogens with one attached hydrogen (secondary N) is 1. The van der Waals surface area contributed by atoms with Crippen LogP contribution in [0.5, 0.6) is 0 Å². The average molecular weight is 272 g/mol. The van der Waals surface area contributed by atoms with Crippen molar-refractivity contribution in [1.82, 2.24) is 10.2 Å². The van der Waals surface area contributed by atoms with E-state index in [1.54, 1.807) is 7.11 Å². The van der Waals surface area contributed by atoms with Crippen molar-refractivity contribution in [1.29, 1.82) is 0 Å². The molecule has 0 heterocycles. The van der Waals surface area contributed by atoms with E-state index in [0.717, 1.165) is 13.2 Å². The van der Waals surface area contributed by atoms with Crippen molar-refractivity contribution in [3.05, 3.63) is 0 Å². The number of likely N-dealkylation sites (N-methyl/N-ethyl adjacent to an activating group) is 1. The summed E-state index contributed by atoms with van der Waals surface area (Å²) in [5.41, 5.74) is 0. The maximum absolute atomic E-state index is 5.32. The standard InChI is InChI=1S/C16H36N2O/c1-7-11-15(17-5)16(10-4)18(12-13-19-6)14(8-2)9-3/h14-17H,7-13H2,1-6H3. The second-order valence-electron chi connectivity index (χ2n) is 5.36. The minimum absolute atomic E-state index is 0.590. The molecule has 0 saturated carbocycles. The Kier molecular flexibility index (Phi) is 11.6. The monoisotopic (exact) mass is 272 g/mol. The van der Waals surface area contributed by atoms with Gasteiger partial charge in [-0.3, -0.25) is 4.90 Å². The van der Waals surface area contributed by atoms with E-state index in [9.17, 15) is 0 Å². The highest BCUT2D eigenvalue weighted by Crippen LogP contribution is 2.19. The van der Waals surface area contributed by atoms with Crippen LogP contribution in [0, 0.1) is 0 Å². The molecule has 116 valence electrons. The Morgan fingerprint density at radius 3 is 2.05 bits per heavy atom. The molecule has 0 radical (unpaired) electrons. The van der Waals surface area contributed by atoms with Crippen LogP contribution in [0.15, 0.2) is 0 Å². The van der Waals surface area contributed by atoms with Crippen LogP contribution in [-0.2, 0) is 4.74 Å². The van der Waals surface area contributed by atoms with Gasteiger partial charge in [0.05, 0.1) is 6.61 Å². The van der Waals surface area contributed by atoms with E-state index in [1.807, 2.05) is 0 Å². The van der Waals surface area contributed by atoms with Crippen LogP contribution in [0.2, 0.25) is 0 Å². The summed E-state index contributed by atoms with van der Waals surface area (Å²) in [6.07, 6.45) is 6.13. The van der Waals surface area contributed by atoms with Crippen molar-refractivity contribution in [3.8, 4) is 0 Å². The highest BCUT2D eigenvalue weighted by molar-refractivity contribution is 4.86. The summed E-state index contributed by atoms with van der Waals surface area (Å²) in [4.78, 5) is 2.68. The summed E-state index contributed by atoms with van der Waals surface area (Å²) in [6.45, 7) is 11.1. The van der Waals surface area contributed by atoms with Gasteiger partial charge in [0, 0.05) is 31.8 Å². The Morgan fingerprint density at radius 2 is 1.68 bits per heavy atom. The molecule has 0 aromatic carbocycles. The van der Waals surface area contributed by atoms with E-state index in [4.69, 9.17) is 4.74 Å². The number of methoxy groups -OCH3 is 1. The third kappa shape index (κ3) is 6.24. The predicted octanol–water partition coefficient (Wildman–Crippen LogP) is 3.29. The third-order valence-electron chi connectivity index (χ3n) is 4.24. The summed E-state index contributed by atoms with van der Waals surface area (Å²) < 4.78 is 5.32. The lowest BCUT2D eigenvalue weighted by atomic mass is 9.96. The van der Waals surface area contributed by atoms with E-state index in [-0.39, 0.29) is 0 Å². The van der Waals surface area contributed by atoms with Crippen LogP contribution < -0.4 is 5.32 Å². The van der Waals surface area contributed by atoms with Crippen molar-refractivity contribution >= 4 is 0 Å². The maximum atomic E-state index is 5.32. The second kappa shape index (κ2) is 11.7. The first-order chi connectivity index (χ1) is 9.19. The molecule has 0 spiro atoms. The molecule has 0 aromatic rings. The van der Waals surface area contributed by atoms with Gasteiger partial charge in [-0.15, -0.1) is 0 Å². The maximum Gasteiger partial charge on any atom is 0.0589 e. The van der Waals surface area contributed by atoms with Gasteiger partial charge in [0.25, 0.3) is 0 Å². The molecule has 1 N–H and O–H groups in total. The second-order valence-corrected chi connectivity index (χ2v) is 5.36. The van der Waals surface area contributed by atoms with Crippen molar-refractivity contribution < 1.29 is 4.74 Å². The van der Waals surface area contributed by atoms with Crippen LogP contribution in [0.3, 0.4) is 0 Å². The van der Waals surface area contributed by atoms with Gasteiger partial charge in [-0.25, -0.2) is 0 Å². The number of nitrogens with zero attached hydrogens (tertiary/aromatic N) is 1. The summed E-state index contributed by atoms with van der Waals surface area (Å²) in [5.74, 6) is 0. The Balaban J connectivity index is 4.91. The highest BCUT2D eigenvalue weighted by atomic mass is 16.5. The number of hydrogen-bond acceptors (Lipinski definition) is 3. The van der Waals surface area contributed by atoms with Gasteiger partial charge in [-0.1, -0.05) is 34.1 Å². The lowest BCUT2D eigenvalue weighted by Crippen LogP contribution is -2.53. The molecule has 19 heavy (non-hydrogen) atoms. The van der Waals surface area contributed by atoms with Crippen molar-refractivity contribution in [2.75, 3.05) is 27.3 Å². The van der Waals surface area contributed by atoms with Gasteiger partial charge in [-0.2, -0.15) is 0 Å². The highest BCUT2D eigenvalue weighted by Gasteiger charge is 2.28. The molecule has 3 nitrogen and oxygen atoms in total. The van der Waals surface area contributed by atoms with E-state index in [0.29, 0.717) is 18.1 Å². The molecule has 0 rings (SSSR count). The van der Waals surface area contributed by atoms with Gasteiger partial charge in [0.2, 0.25) is 0 Å². The molecule has 0 fully saturated rings. The largest absolute Gasteiger partial charge is 0.383 e. The van der Waals surface area contributed by atoms with E-state index >= 15 is 0 Å². The fourth-order valence-electron chi connectivity index (χ4n) is 3.16. The quantitative estimate of drug-likeness (QED) is 0.590. The normalized spacial score (nSPS) is 15.2. The smallest absolute Gasteiger partial charge is 0.0589 e. The summed E-state index contributed by atoms with van der Waals surface area (Å²) in [6, 6.07) is 1.88. The molecule has 0 saturated heterocycles. The van der Waals surface area contributed by atoms with Gasteiger partial charge in [0.1, 0.15) is 0 Å². The fourth-order valence-corrected chi connectivity index (χ4v) is 3.16. The Hall–Kier alpha value is -0.120. The first-order valence-corrected chi connectivity index (χ1v) is 8.11. The molecular formula is C16H36N2O. The topological polar surface area (TPSA) is 24.5 Å². The first-order valence-electron chi connectivity index (χ1n) is 8.11. The Labute approximate surface area is 121 Å².